The lowest BCUT2D eigenvalue weighted by atomic mass is 9.92. The molecule has 0 fully saturated rings. The van der Waals surface area contributed by atoms with Gasteiger partial charge in [0.2, 0.25) is 23.6 Å². The summed E-state index contributed by atoms with van der Waals surface area (Å²) in [5.41, 5.74) is -0.938. The normalized spacial score (nSPS) is 15.2. The molecular weight excluding hydrogens is 1020 g/mol. The van der Waals surface area contributed by atoms with Crippen LogP contribution in [0.1, 0.15) is 25.7 Å². The molecule has 77 heavy (non-hydrogen) atoms. The molecule has 4 rings (SSSR count). The molecule has 0 aromatic rings. The van der Waals surface area contributed by atoms with Crippen LogP contribution in [0.25, 0.3) is 0 Å². The van der Waals surface area contributed by atoms with Crippen LogP contribution in [0, 0.1) is 5.41 Å². The number of rotatable bonds is 44. The molecule has 4 N–H and O–H groups in total. The molecular formula is C49H68N8O20. The van der Waals surface area contributed by atoms with Gasteiger partial charge in [0.15, 0.2) is 0 Å². The van der Waals surface area contributed by atoms with Crippen LogP contribution in [0.4, 0.5) is 0 Å². The lowest BCUT2D eigenvalue weighted by molar-refractivity contribution is -0.139. The van der Waals surface area contributed by atoms with E-state index in [9.17, 15) is 57.5 Å². The summed E-state index contributed by atoms with van der Waals surface area (Å²) in [6.07, 6.45) is 8.89. The van der Waals surface area contributed by atoms with Crippen LogP contribution < -0.4 is 21.3 Å². The number of hydrogen-bond acceptors (Lipinski definition) is 20. The Morgan fingerprint density at radius 3 is 0.675 bits per heavy atom. The quantitative estimate of drug-likeness (QED) is 0.0332. The monoisotopic (exact) mass is 1090 g/mol. The van der Waals surface area contributed by atoms with Gasteiger partial charge in [0.05, 0.1) is 111 Å². The minimum Gasteiger partial charge on any atom is -0.378 e. The van der Waals surface area contributed by atoms with Crippen LogP contribution in [-0.4, -0.2) is 249 Å². The summed E-state index contributed by atoms with van der Waals surface area (Å²) in [5.74, 6) is -5.25. The number of amides is 12. The van der Waals surface area contributed by atoms with Crippen LogP contribution in [0.15, 0.2) is 48.6 Å². The summed E-state index contributed by atoms with van der Waals surface area (Å²) >= 11 is 0. The molecule has 0 aromatic carbocycles. The Kier molecular flexibility index (Phi) is 28.8. The lowest BCUT2D eigenvalue weighted by Gasteiger charge is -2.33. The number of imide groups is 4. The molecule has 0 aliphatic carbocycles. The molecule has 0 bridgehead atoms. The van der Waals surface area contributed by atoms with E-state index in [0.29, 0.717) is 0 Å². The van der Waals surface area contributed by atoms with Gasteiger partial charge in [0, 0.05) is 127 Å². The van der Waals surface area contributed by atoms with E-state index in [-0.39, 0.29) is 207 Å². The number of nitrogens with one attached hydrogen (secondary N) is 4. The molecule has 0 radical (unpaired) electrons. The van der Waals surface area contributed by atoms with Crippen molar-refractivity contribution in [2.75, 3.05) is 158 Å². The van der Waals surface area contributed by atoms with Crippen molar-refractivity contribution in [1.29, 1.82) is 0 Å². The summed E-state index contributed by atoms with van der Waals surface area (Å²) in [7, 11) is 0. The second-order valence-electron chi connectivity index (χ2n) is 17.2. The van der Waals surface area contributed by atoms with E-state index in [1.54, 1.807) is 0 Å². The molecule has 0 saturated heterocycles. The number of ether oxygens (including phenoxy) is 8. The van der Waals surface area contributed by atoms with Crippen molar-refractivity contribution in [3.63, 3.8) is 0 Å². The summed E-state index contributed by atoms with van der Waals surface area (Å²) < 4.78 is 46.8. The van der Waals surface area contributed by atoms with Crippen molar-refractivity contribution in [3.05, 3.63) is 48.6 Å². The molecule has 4 aliphatic rings. The zero-order valence-corrected chi connectivity index (χ0v) is 42.9. The summed E-state index contributed by atoms with van der Waals surface area (Å²) in [5, 5.41) is 10.7. The van der Waals surface area contributed by atoms with Gasteiger partial charge in [-0.25, -0.2) is 0 Å². The van der Waals surface area contributed by atoms with Crippen LogP contribution in [0.2, 0.25) is 0 Å². The molecule has 0 spiro atoms. The van der Waals surface area contributed by atoms with E-state index in [0.717, 1.165) is 68.2 Å². The Morgan fingerprint density at radius 1 is 0.299 bits per heavy atom. The first kappa shape index (κ1) is 62.6. The molecule has 28 nitrogen and oxygen atoms in total. The van der Waals surface area contributed by atoms with Gasteiger partial charge < -0.3 is 59.2 Å². The van der Waals surface area contributed by atoms with E-state index >= 15 is 0 Å². The third kappa shape index (κ3) is 24.3. The second kappa shape index (κ2) is 35.4. The van der Waals surface area contributed by atoms with Crippen LogP contribution in [-0.2, 0) is 95.4 Å². The third-order valence-corrected chi connectivity index (χ3v) is 11.2. The number of carbonyl (C=O) groups is 12. The zero-order chi connectivity index (χ0) is 55.7. The first-order valence-corrected chi connectivity index (χ1v) is 25.0. The fourth-order valence-electron chi connectivity index (χ4n) is 7.15. The van der Waals surface area contributed by atoms with E-state index in [1.165, 1.54) is 0 Å². The Hall–Kier alpha value is -6.92. The Balaban J connectivity index is 1.22. The highest BCUT2D eigenvalue weighted by atomic mass is 16.6. The Morgan fingerprint density at radius 2 is 0.481 bits per heavy atom. The lowest BCUT2D eigenvalue weighted by Crippen LogP contribution is -2.43. The van der Waals surface area contributed by atoms with Gasteiger partial charge in [0.25, 0.3) is 47.3 Å². The highest BCUT2D eigenvalue weighted by Gasteiger charge is 2.33. The zero-order valence-electron chi connectivity index (χ0n) is 42.9. The van der Waals surface area contributed by atoms with Gasteiger partial charge in [-0.2, -0.15) is 0 Å². The molecule has 4 heterocycles. The maximum absolute atomic E-state index is 12.3. The van der Waals surface area contributed by atoms with Gasteiger partial charge in [-0.05, 0) is 0 Å². The van der Waals surface area contributed by atoms with Gasteiger partial charge >= 0.3 is 0 Å². The first-order valence-electron chi connectivity index (χ1n) is 25.0. The smallest absolute Gasteiger partial charge is 0.253 e. The first-order chi connectivity index (χ1) is 37.2. The maximum atomic E-state index is 12.3. The Labute approximate surface area is 444 Å². The maximum Gasteiger partial charge on any atom is 0.253 e. The van der Waals surface area contributed by atoms with Crippen molar-refractivity contribution >= 4 is 70.9 Å². The predicted octanol–water partition coefficient (Wildman–Crippen LogP) is -4.17. The molecule has 0 atom stereocenters. The highest BCUT2D eigenvalue weighted by Crippen LogP contribution is 2.21. The van der Waals surface area contributed by atoms with Crippen molar-refractivity contribution in [1.82, 2.24) is 40.9 Å². The molecule has 4 aliphatic heterocycles. The fraction of sp³-hybridized carbons (Fsp3) is 0.592. The topological polar surface area (TPSA) is 340 Å². The minimum absolute atomic E-state index is 0.0443. The van der Waals surface area contributed by atoms with E-state index in [4.69, 9.17) is 37.9 Å². The van der Waals surface area contributed by atoms with Gasteiger partial charge in [-0.15, -0.1) is 0 Å². The summed E-state index contributed by atoms with van der Waals surface area (Å²) in [6.45, 7) is 2.24. The molecule has 28 heteroatoms. The predicted molar refractivity (Wildman–Crippen MR) is 263 cm³/mol. The van der Waals surface area contributed by atoms with E-state index in [1.807, 2.05) is 0 Å². The van der Waals surface area contributed by atoms with Gasteiger partial charge in [-0.3, -0.25) is 77.1 Å². The third-order valence-electron chi connectivity index (χ3n) is 11.2. The average molecular weight is 1090 g/mol. The highest BCUT2D eigenvalue weighted by molar-refractivity contribution is 6.14. The molecule has 0 aromatic heterocycles. The van der Waals surface area contributed by atoms with Crippen molar-refractivity contribution in [2.24, 2.45) is 5.41 Å². The van der Waals surface area contributed by atoms with E-state index < -0.39 is 52.7 Å². The van der Waals surface area contributed by atoms with Crippen molar-refractivity contribution < 1.29 is 95.4 Å². The van der Waals surface area contributed by atoms with Crippen LogP contribution in [0.5, 0.6) is 0 Å². The van der Waals surface area contributed by atoms with E-state index in [2.05, 4.69) is 21.3 Å². The number of carbonyl (C=O) groups excluding carboxylic acids is 12. The minimum atomic E-state index is -0.938. The molecule has 0 saturated carbocycles. The van der Waals surface area contributed by atoms with Crippen LogP contribution in [0.3, 0.4) is 0 Å². The van der Waals surface area contributed by atoms with Gasteiger partial charge in [0.1, 0.15) is 0 Å². The number of nitrogens with zero attached hydrogens (tertiary/aromatic N) is 4. The number of hydrogen-bond donors (Lipinski definition) is 4. The SMILES string of the molecule is O=C(CCN1C(=O)C=CC1=O)NCCOCCOCC(COCCOCCNC(=O)CCN1C(=O)C=CC1=O)(COCCOCCNC(=O)CCN1C(=O)C=CC1=O)COCCOCCNC(=O)CCN1C(=O)C=CC1=O. The van der Waals surface area contributed by atoms with Gasteiger partial charge in [-0.1, -0.05) is 0 Å². The summed E-state index contributed by atoms with van der Waals surface area (Å²) in [6, 6.07) is 0. The largest absolute Gasteiger partial charge is 0.378 e. The fourth-order valence-corrected chi connectivity index (χ4v) is 7.15. The summed E-state index contributed by atoms with van der Waals surface area (Å²) in [4.78, 5) is 147. The Bertz CT molecular complexity index is 1830. The molecule has 0 unspecified atom stereocenters. The average Bonchev–Trinajstić information content (AvgIpc) is 4.13. The van der Waals surface area contributed by atoms with Crippen molar-refractivity contribution in [3.8, 4) is 0 Å². The second-order valence-corrected chi connectivity index (χ2v) is 17.2. The van der Waals surface area contributed by atoms with Crippen molar-refractivity contribution in [2.45, 2.75) is 25.7 Å². The molecule has 12 amide bonds. The molecule has 424 valence electrons. The van der Waals surface area contributed by atoms with Crippen LogP contribution >= 0.6 is 0 Å². The standard InChI is InChI=1S/C49H68N8O20/c58-37(9-17-54-41(62)1-2-42(54)63)50-13-21-70-25-29-74-33-49(34-75-30-26-71-22-14-51-38(59)10-18-55-43(64)3-4-44(55)65,35-76-31-27-72-23-15-52-39(60)11-19-56-45(66)5-6-46(56)67)36-77-32-28-73-24-16-53-40(61)12-20-57-47(68)7-8-48(57)69/h1-8H,9-36H2,(H,50,58)(H,51,59)(H,52,60)(H,53,61).